The van der Waals surface area contributed by atoms with Gasteiger partial charge in [0.05, 0.1) is 13.0 Å². The van der Waals surface area contributed by atoms with Gasteiger partial charge in [0, 0.05) is 18.1 Å². The first kappa shape index (κ1) is 14.6. The summed E-state index contributed by atoms with van der Waals surface area (Å²) >= 11 is 0. The minimum atomic E-state index is -0.252. The lowest BCUT2D eigenvalue weighted by Crippen LogP contribution is -2.25. The molecule has 0 N–H and O–H groups in total. The number of carbonyl (C=O) groups excluding carboxylic acids is 1. The molecule has 3 nitrogen and oxygen atoms in total. The van der Waals surface area contributed by atoms with Gasteiger partial charge in [0.25, 0.3) is 0 Å². The Morgan fingerprint density at radius 2 is 1.83 bits per heavy atom. The number of amides is 1. The fourth-order valence-corrected chi connectivity index (χ4v) is 3.05. The van der Waals surface area contributed by atoms with Crippen molar-refractivity contribution in [1.29, 1.82) is 0 Å². The van der Waals surface area contributed by atoms with Crippen LogP contribution in [0.4, 0.5) is 10.1 Å². The maximum atomic E-state index is 13.1. The lowest BCUT2D eigenvalue weighted by atomic mass is 10.0. The number of hydrogen-bond acceptors (Lipinski definition) is 2. The van der Waals surface area contributed by atoms with Gasteiger partial charge in [0.2, 0.25) is 5.91 Å². The van der Waals surface area contributed by atoms with Gasteiger partial charge >= 0.3 is 0 Å². The number of benzene rings is 2. The van der Waals surface area contributed by atoms with Crippen molar-refractivity contribution in [2.24, 2.45) is 0 Å². The van der Waals surface area contributed by atoms with Crippen LogP contribution in [0.1, 0.15) is 11.1 Å². The summed E-state index contributed by atoms with van der Waals surface area (Å²) in [5.74, 6) is -0.164. The first-order chi connectivity index (χ1) is 11.7. The van der Waals surface area contributed by atoms with Crippen LogP contribution in [0.3, 0.4) is 0 Å². The Labute approximate surface area is 139 Å². The van der Waals surface area contributed by atoms with Gasteiger partial charge in [-0.3, -0.25) is 9.78 Å². The van der Waals surface area contributed by atoms with E-state index in [1.807, 2.05) is 30.3 Å². The summed E-state index contributed by atoms with van der Waals surface area (Å²) in [7, 11) is 0. The zero-order chi connectivity index (χ0) is 16.5. The SMILES string of the molecule is O=C1Cc2cc(-c3ccc(F)cc3)ccc2N1Cc1cccnc1. The monoisotopic (exact) mass is 318 g/mol. The van der Waals surface area contributed by atoms with E-state index in [1.54, 1.807) is 29.4 Å². The third-order valence-corrected chi connectivity index (χ3v) is 4.25. The van der Waals surface area contributed by atoms with E-state index in [9.17, 15) is 9.18 Å². The molecule has 4 heteroatoms. The van der Waals surface area contributed by atoms with E-state index in [-0.39, 0.29) is 11.7 Å². The molecule has 4 rings (SSSR count). The van der Waals surface area contributed by atoms with E-state index in [4.69, 9.17) is 0 Å². The average Bonchev–Trinajstić information content (AvgIpc) is 2.91. The maximum Gasteiger partial charge on any atom is 0.231 e. The van der Waals surface area contributed by atoms with E-state index in [0.29, 0.717) is 13.0 Å². The molecule has 0 saturated carbocycles. The van der Waals surface area contributed by atoms with Gasteiger partial charge in [-0.05, 0) is 52.6 Å². The topological polar surface area (TPSA) is 33.2 Å². The number of pyridine rings is 1. The summed E-state index contributed by atoms with van der Waals surface area (Å²) in [6.45, 7) is 0.523. The Morgan fingerprint density at radius 3 is 2.58 bits per heavy atom. The number of hydrogen-bond donors (Lipinski definition) is 0. The first-order valence-corrected chi connectivity index (χ1v) is 7.79. The highest BCUT2D eigenvalue weighted by molar-refractivity contribution is 6.01. The maximum absolute atomic E-state index is 13.1. The largest absolute Gasteiger partial charge is 0.307 e. The standard InChI is InChI=1S/C20H15FN2O/c21-18-6-3-15(4-7-18)16-5-8-19-17(10-16)11-20(24)23(19)13-14-2-1-9-22-12-14/h1-10,12H,11,13H2. The first-order valence-electron chi connectivity index (χ1n) is 7.79. The van der Waals surface area contributed by atoms with Crippen molar-refractivity contribution in [2.75, 3.05) is 4.90 Å². The highest BCUT2D eigenvalue weighted by Gasteiger charge is 2.27. The molecule has 0 atom stereocenters. The second-order valence-electron chi connectivity index (χ2n) is 5.87. The number of nitrogens with zero attached hydrogens (tertiary/aromatic N) is 2. The highest BCUT2D eigenvalue weighted by atomic mass is 19.1. The molecule has 1 aliphatic heterocycles. The minimum Gasteiger partial charge on any atom is -0.307 e. The molecule has 2 aromatic carbocycles. The van der Waals surface area contributed by atoms with Crippen molar-refractivity contribution in [3.63, 3.8) is 0 Å². The summed E-state index contributed by atoms with van der Waals surface area (Å²) in [6.07, 6.45) is 3.89. The van der Waals surface area contributed by atoms with E-state index in [0.717, 1.165) is 27.9 Å². The van der Waals surface area contributed by atoms with E-state index < -0.39 is 0 Å². The van der Waals surface area contributed by atoms with Gasteiger partial charge in [0.15, 0.2) is 0 Å². The van der Waals surface area contributed by atoms with Crippen molar-refractivity contribution in [1.82, 2.24) is 4.98 Å². The molecule has 118 valence electrons. The van der Waals surface area contributed by atoms with Gasteiger partial charge in [-0.2, -0.15) is 0 Å². The van der Waals surface area contributed by atoms with Crippen LogP contribution in [0.15, 0.2) is 67.0 Å². The molecule has 0 spiro atoms. The molecule has 3 aromatic rings. The van der Waals surface area contributed by atoms with E-state index in [1.165, 1.54) is 12.1 Å². The van der Waals surface area contributed by atoms with Crippen molar-refractivity contribution in [3.05, 3.63) is 83.9 Å². The molecule has 0 bridgehead atoms. The average molecular weight is 318 g/mol. The summed E-state index contributed by atoms with van der Waals surface area (Å²) < 4.78 is 13.1. The van der Waals surface area contributed by atoms with Gasteiger partial charge < -0.3 is 4.90 Å². The van der Waals surface area contributed by atoms with Crippen molar-refractivity contribution in [3.8, 4) is 11.1 Å². The van der Waals surface area contributed by atoms with Crippen molar-refractivity contribution >= 4 is 11.6 Å². The minimum absolute atomic E-state index is 0.0881. The summed E-state index contributed by atoms with van der Waals surface area (Å²) in [5.41, 5.74) is 4.88. The molecule has 0 unspecified atom stereocenters. The lowest BCUT2D eigenvalue weighted by molar-refractivity contribution is -0.117. The third kappa shape index (κ3) is 2.67. The Bertz CT molecular complexity index is 891. The summed E-state index contributed by atoms with van der Waals surface area (Å²) in [5, 5.41) is 0. The highest BCUT2D eigenvalue weighted by Crippen LogP contribution is 2.34. The molecule has 2 heterocycles. The van der Waals surface area contributed by atoms with Crippen LogP contribution >= 0.6 is 0 Å². The lowest BCUT2D eigenvalue weighted by Gasteiger charge is -2.17. The molecular formula is C20H15FN2O. The van der Waals surface area contributed by atoms with Crippen LogP contribution in [-0.2, 0) is 17.8 Å². The van der Waals surface area contributed by atoms with Gasteiger partial charge in [0.1, 0.15) is 5.82 Å². The molecule has 0 radical (unpaired) electrons. The van der Waals surface area contributed by atoms with Crippen LogP contribution in [0, 0.1) is 5.82 Å². The zero-order valence-corrected chi connectivity index (χ0v) is 12.9. The smallest absolute Gasteiger partial charge is 0.231 e. The number of fused-ring (bicyclic) bond motifs is 1. The molecule has 0 saturated heterocycles. The van der Waals surface area contributed by atoms with Crippen LogP contribution in [0.25, 0.3) is 11.1 Å². The molecule has 1 aromatic heterocycles. The van der Waals surface area contributed by atoms with Crippen LogP contribution in [-0.4, -0.2) is 10.9 Å². The zero-order valence-electron chi connectivity index (χ0n) is 12.9. The van der Waals surface area contributed by atoms with Crippen LogP contribution < -0.4 is 4.90 Å². The molecule has 0 aliphatic carbocycles. The van der Waals surface area contributed by atoms with Crippen molar-refractivity contribution < 1.29 is 9.18 Å². The second kappa shape index (κ2) is 5.89. The number of aromatic nitrogens is 1. The number of rotatable bonds is 3. The van der Waals surface area contributed by atoms with Gasteiger partial charge in [-0.15, -0.1) is 0 Å². The number of halogens is 1. The van der Waals surface area contributed by atoms with E-state index in [2.05, 4.69) is 4.98 Å². The molecular weight excluding hydrogens is 303 g/mol. The van der Waals surface area contributed by atoms with Gasteiger partial charge in [-0.25, -0.2) is 4.39 Å². The normalized spacial score (nSPS) is 13.2. The fourth-order valence-electron chi connectivity index (χ4n) is 3.05. The van der Waals surface area contributed by atoms with Crippen molar-refractivity contribution in [2.45, 2.75) is 13.0 Å². The van der Waals surface area contributed by atoms with Gasteiger partial charge in [-0.1, -0.05) is 24.3 Å². The third-order valence-electron chi connectivity index (χ3n) is 4.25. The quantitative estimate of drug-likeness (QED) is 0.732. The molecule has 1 aliphatic rings. The Morgan fingerprint density at radius 1 is 1.04 bits per heavy atom. The Kier molecular flexibility index (Phi) is 3.58. The van der Waals surface area contributed by atoms with Crippen LogP contribution in [0.2, 0.25) is 0 Å². The number of anilines is 1. The predicted molar refractivity (Wildman–Crippen MR) is 91.0 cm³/mol. The Hall–Kier alpha value is -3.01. The second-order valence-corrected chi connectivity index (χ2v) is 5.87. The van der Waals surface area contributed by atoms with E-state index >= 15 is 0 Å². The fraction of sp³-hybridized carbons (Fsp3) is 0.100. The predicted octanol–water partition coefficient (Wildman–Crippen LogP) is 3.98. The molecule has 1 amide bonds. The number of carbonyl (C=O) groups is 1. The summed E-state index contributed by atoms with van der Waals surface area (Å²) in [4.78, 5) is 18.3. The molecule has 0 fully saturated rings. The molecule has 24 heavy (non-hydrogen) atoms. The Balaban J connectivity index is 1.65. The van der Waals surface area contributed by atoms with Crippen LogP contribution in [0.5, 0.6) is 0 Å². The summed E-state index contributed by atoms with van der Waals surface area (Å²) in [6, 6.07) is 16.2.